The third-order valence-corrected chi connectivity index (χ3v) is 4.45. The first-order chi connectivity index (χ1) is 9.80. The number of furan rings is 1. The molecule has 0 spiro atoms. The molecule has 0 saturated carbocycles. The van der Waals surface area contributed by atoms with Crippen LogP contribution in [0.15, 0.2) is 39.8 Å². The highest BCUT2D eigenvalue weighted by Crippen LogP contribution is 2.19. The zero-order chi connectivity index (χ0) is 15.6. The lowest BCUT2D eigenvalue weighted by molar-refractivity contribution is 0.402. The normalized spacial score (nSPS) is 11.9. The van der Waals surface area contributed by atoms with Crippen molar-refractivity contribution in [2.45, 2.75) is 11.6 Å². The highest BCUT2D eigenvalue weighted by molar-refractivity contribution is 7.88. The van der Waals surface area contributed by atoms with Crippen LogP contribution in [0.3, 0.4) is 0 Å². The molecule has 1 aromatic carbocycles. The summed E-state index contributed by atoms with van der Waals surface area (Å²) in [6.45, 7) is 0.0749. The molecule has 0 aliphatic carbocycles. The number of halogens is 2. The predicted octanol–water partition coefficient (Wildman–Crippen LogP) is 2.42. The van der Waals surface area contributed by atoms with E-state index in [1.54, 1.807) is 0 Å². The number of hydrogen-bond donors (Lipinski definition) is 1. The van der Waals surface area contributed by atoms with Crippen molar-refractivity contribution in [1.29, 1.82) is 0 Å². The van der Waals surface area contributed by atoms with Gasteiger partial charge in [0.1, 0.15) is 17.4 Å². The van der Waals surface area contributed by atoms with Crippen molar-refractivity contribution in [2.24, 2.45) is 0 Å². The van der Waals surface area contributed by atoms with E-state index in [-0.39, 0.29) is 17.3 Å². The second-order valence-electron chi connectivity index (χ2n) is 4.49. The molecule has 1 aromatic heterocycles. The number of anilines is 1. The van der Waals surface area contributed by atoms with Crippen LogP contribution >= 0.6 is 0 Å². The molecule has 0 aliphatic heterocycles. The van der Waals surface area contributed by atoms with Gasteiger partial charge >= 0.3 is 0 Å². The van der Waals surface area contributed by atoms with Gasteiger partial charge in [-0.2, -0.15) is 0 Å². The summed E-state index contributed by atoms with van der Waals surface area (Å²) in [5, 5.41) is 2.52. The molecule has 1 N–H and O–H groups in total. The molecule has 0 radical (unpaired) electrons. The van der Waals surface area contributed by atoms with Gasteiger partial charge in [-0.15, -0.1) is 0 Å². The lowest BCUT2D eigenvalue weighted by Crippen LogP contribution is -2.21. The van der Waals surface area contributed by atoms with Gasteiger partial charge in [0.2, 0.25) is 5.09 Å². The smallest absolute Gasteiger partial charge is 0.275 e. The third-order valence-electron chi connectivity index (χ3n) is 2.76. The number of sulfonamides is 1. The molecule has 0 fully saturated rings. The lowest BCUT2D eigenvalue weighted by Gasteiger charge is -2.08. The van der Waals surface area contributed by atoms with E-state index in [0.29, 0.717) is 5.76 Å². The number of benzene rings is 1. The van der Waals surface area contributed by atoms with Gasteiger partial charge < -0.3 is 9.73 Å². The average molecular weight is 316 g/mol. The van der Waals surface area contributed by atoms with Crippen LogP contribution in [0, 0.1) is 11.6 Å². The largest absolute Gasteiger partial charge is 0.446 e. The summed E-state index contributed by atoms with van der Waals surface area (Å²) < 4.78 is 56.1. The number of nitrogens with zero attached hydrogens (tertiary/aromatic N) is 1. The Morgan fingerprint density at radius 3 is 2.52 bits per heavy atom. The Bertz CT molecular complexity index is 742. The average Bonchev–Trinajstić information content (AvgIpc) is 2.87. The highest BCUT2D eigenvalue weighted by atomic mass is 32.2. The Morgan fingerprint density at radius 2 is 1.90 bits per heavy atom. The third kappa shape index (κ3) is 3.40. The summed E-state index contributed by atoms with van der Waals surface area (Å²) in [6.07, 6.45) is 0. The minimum atomic E-state index is -3.64. The molecule has 2 rings (SSSR count). The molecule has 5 nitrogen and oxygen atoms in total. The van der Waals surface area contributed by atoms with Gasteiger partial charge in [-0.3, -0.25) is 0 Å². The summed E-state index contributed by atoms with van der Waals surface area (Å²) in [4.78, 5) is 0. The highest BCUT2D eigenvalue weighted by Gasteiger charge is 2.21. The van der Waals surface area contributed by atoms with E-state index in [1.807, 2.05) is 0 Å². The molecule has 21 heavy (non-hydrogen) atoms. The van der Waals surface area contributed by atoms with Crippen LogP contribution in [0.1, 0.15) is 5.76 Å². The summed E-state index contributed by atoms with van der Waals surface area (Å²) in [5.41, 5.74) is 0.102. The van der Waals surface area contributed by atoms with Gasteiger partial charge in [0.15, 0.2) is 0 Å². The van der Waals surface area contributed by atoms with Crippen molar-refractivity contribution >= 4 is 15.7 Å². The Labute approximate surface area is 121 Å². The zero-order valence-electron chi connectivity index (χ0n) is 11.4. The maximum absolute atomic E-state index is 13.4. The molecule has 8 heteroatoms. The Balaban J connectivity index is 2.10. The second kappa shape index (κ2) is 5.82. The predicted molar refractivity (Wildman–Crippen MR) is 73.3 cm³/mol. The molecule has 0 saturated heterocycles. The van der Waals surface area contributed by atoms with Gasteiger partial charge in [-0.1, -0.05) is 0 Å². The van der Waals surface area contributed by atoms with Gasteiger partial charge in [0, 0.05) is 20.2 Å². The molecule has 1 heterocycles. The molecule has 114 valence electrons. The van der Waals surface area contributed by atoms with Crippen LogP contribution in [0.4, 0.5) is 14.5 Å². The fourth-order valence-electron chi connectivity index (χ4n) is 1.59. The molecule has 0 atom stereocenters. The molecular weight excluding hydrogens is 302 g/mol. The first-order valence-corrected chi connectivity index (χ1v) is 7.45. The number of rotatable bonds is 5. The molecule has 2 aromatic rings. The lowest BCUT2D eigenvalue weighted by atomic mass is 10.3. The Hall–Kier alpha value is -1.93. The molecule has 0 bridgehead atoms. The van der Waals surface area contributed by atoms with Gasteiger partial charge in [-0.25, -0.2) is 21.5 Å². The van der Waals surface area contributed by atoms with Gasteiger partial charge in [0.05, 0.1) is 12.2 Å². The van der Waals surface area contributed by atoms with E-state index >= 15 is 0 Å². The van der Waals surface area contributed by atoms with Crippen molar-refractivity contribution in [3.8, 4) is 0 Å². The van der Waals surface area contributed by atoms with Crippen LogP contribution in [-0.2, 0) is 16.6 Å². The number of hydrogen-bond acceptors (Lipinski definition) is 4. The first kappa shape index (κ1) is 15.5. The fraction of sp³-hybridized carbons (Fsp3) is 0.231. The minimum absolute atomic E-state index is 0.0749. The SMILES string of the molecule is CN(C)S(=O)(=O)c1ccc(CNc2ccc(F)cc2F)o1. The molecule has 0 amide bonds. The van der Waals surface area contributed by atoms with Crippen molar-refractivity contribution in [3.05, 3.63) is 47.7 Å². The van der Waals surface area contributed by atoms with Crippen molar-refractivity contribution < 1.29 is 21.6 Å². The van der Waals surface area contributed by atoms with Crippen molar-refractivity contribution in [1.82, 2.24) is 4.31 Å². The molecule has 0 aliphatic rings. The van der Waals surface area contributed by atoms with Crippen molar-refractivity contribution in [2.75, 3.05) is 19.4 Å². The Morgan fingerprint density at radius 1 is 1.19 bits per heavy atom. The number of nitrogens with one attached hydrogen (secondary N) is 1. The van der Waals surface area contributed by atoms with E-state index in [4.69, 9.17) is 4.42 Å². The second-order valence-corrected chi connectivity index (χ2v) is 6.57. The van der Waals surface area contributed by atoms with E-state index in [1.165, 1.54) is 32.3 Å². The quantitative estimate of drug-likeness (QED) is 0.920. The Kier molecular flexibility index (Phi) is 4.29. The van der Waals surface area contributed by atoms with E-state index in [2.05, 4.69) is 5.32 Å². The van der Waals surface area contributed by atoms with Gasteiger partial charge in [-0.05, 0) is 24.3 Å². The molecule has 0 unspecified atom stereocenters. The monoisotopic (exact) mass is 316 g/mol. The maximum Gasteiger partial charge on any atom is 0.275 e. The minimum Gasteiger partial charge on any atom is -0.446 e. The van der Waals surface area contributed by atoms with Crippen LogP contribution < -0.4 is 5.32 Å². The topological polar surface area (TPSA) is 62.6 Å². The standard InChI is InChI=1S/C13H14F2N2O3S/c1-17(2)21(18,19)13-6-4-10(20-13)8-16-12-5-3-9(14)7-11(12)15/h3-7,16H,8H2,1-2H3. The van der Waals surface area contributed by atoms with E-state index in [0.717, 1.165) is 16.4 Å². The maximum atomic E-state index is 13.4. The summed E-state index contributed by atoms with van der Waals surface area (Å²) >= 11 is 0. The van der Waals surface area contributed by atoms with E-state index in [9.17, 15) is 17.2 Å². The molecular formula is C13H14F2N2O3S. The summed E-state index contributed by atoms with van der Waals surface area (Å²) in [7, 11) is -0.853. The first-order valence-electron chi connectivity index (χ1n) is 6.01. The van der Waals surface area contributed by atoms with Gasteiger partial charge in [0.25, 0.3) is 10.0 Å². The zero-order valence-corrected chi connectivity index (χ0v) is 12.2. The van der Waals surface area contributed by atoms with E-state index < -0.39 is 21.7 Å². The fourth-order valence-corrected chi connectivity index (χ4v) is 2.40. The summed E-state index contributed by atoms with van der Waals surface area (Å²) in [5.74, 6) is -1.09. The van der Waals surface area contributed by atoms with Crippen molar-refractivity contribution in [3.63, 3.8) is 0 Å². The van der Waals surface area contributed by atoms with Crippen LogP contribution in [0.2, 0.25) is 0 Å². The van der Waals surface area contributed by atoms with Crippen LogP contribution in [0.25, 0.3) is 0 Å². The van der Waals surface area contributed by atoms with Crippen LogP contribution in [0.5, 0.6) is 0 Å². The summed E-state index contributed by atoms with van der Waals surface area (Å²) in [6, 6.07) is 5.94. The van der Waals surface area contributed by atoms with Crippen LogP contribution in [-0.4, -0.2) is 26.8 Å².